The molecule has 154 valence electrons. The molecule has 0 aliphatic heterocycles. The maximum absolute atomic E-state index is 13.1. The van der Waals surface area contributed by atoms with Crippen molar-refractivity contribution in [1.29, 1.82) is 0 Å². The Hall–Kier alpha value is -1.85. The van der Waals surface area contributed by atoms with Crippen LogP contribution in [0.2, 0.25) is 0 Å². The highest BCUT2D eigenvalue weighted by atomic mass is 16.3. The van der Waals surface area contributed by atoms with Crippen molar-refractivity contribution in [3.63, 3.8) is 0 Å². The predicted octanol–water partition coefficient (Wildman–Crippen LogP) is 4.55. The number of nitrogens with zero attached hydrogens (tertiary/aromatic N) is 2. The van der Waals surface area contributed by atoms with Crippen LogP contribution in [0, 0.1) is 5.92 Å². The average Bonchev–Trinajstić information content (AvgIpc) is 3.14. The lowest BCUT2D eigenvalue weighted by molar-refractivity contribution is -0.139. The van der Waals surface area contributed by atoms with Gasteiger partial charge in [0, 0.05) is 18.0 Å². The van der Waals surface area contributed by atoms with Gasteiger partial charge in [-0.3, -0.25) is 9.59 Å². The number of oxazole rings is 1. The van der Waals surface area contributed by atoms with Gasteiger partial charge in [-0.15, -0.1) is 0 Å². The molecule has 0 saturated carbocycles. The van der Waals surface area contributed by atoms with Gasteiger partial charge in [0.2, 0.25) is 11.8 Å². The van der Waals surface area contributed by atoms with Crippen molar-refractivity contribution in [2.24, 2.45) is 5.92 Å². The number of amides is 2. The summed E-state index contributed by atoms with van der Waals surface area (Å²) in [4.78, 5) is 31.4. The molecule has 1 aromatic rings. The highest BCUT2D eigenvalue weighted by molar-refractivity contribution is 5.92. The Labute approximate surface area is 164 Å². The molecule has 6 nitrogen and oxygen atoms in total. The molecule has 0 unspecified atom stereocenters. The summed E-state index contributed by atoms with van der Waals surface area (Å²) in [6, 6.07) is 0.178. The summed E-state index contributed by atoms with van der Waals surface area (Å²) in [7, 11) is 0. The second kappa shape index (κ2) is 11.8. The summed E-state index contributed by atoms with van der Waals surface area (Å²) in [5.41, 5.74) is 0.264. The van der Waals surface area contributed by atoms with Crippen LogP contribution in [0.5, 0.6) is 0 Å². The molecule has 0 aromatic carbocycles. The van der Waals surface area contributed by atoms with E-state index in [2.05, 4.69) is 31.1 Å². The van der Waals surface area contributed by atoms with Crippen LogP contribution in [0.15, 0.2) is 10.7 Å². The maximum Gasteiger partial charge on any atom is 0.273 e. The molecule has 27 heavy (non-hydrogen) atoms. The van der Waals surface area contributed by atoms with E-state index in [0.717, 1.165) is 38.5 Å². The maximum atomic E-state index is 13.1. The zero-order chi connectivity index (χ0) is 20.4. The monoisotopic (exact) mass is 379 g/mol. The molecule has 1 N–H and O–H groups in total. The molecule has 0 aliphatic carbocycles. The van der Waals surface area contributed by atoms with Crippen LogP contribution in [0.1, 0.15) is 96.4 Å². The van der Waals surface area contributed by atoms with Crippen molar-refractivity contribution in [3.05, 3.63) is 17.8 Å². The van der Waals surface area contributed by atoms with Crippen LogP contribution in [0.4, 0.5) is 0 Å². The number of unbranched alkanes of at least 4 members (excludes halogenated alkanes) is 1. The second-order valence-corrected chi connectivity index (χ2v) is 7.38. The van der Waals surface area contributed by atoms with Gasteiger partial charge in [-0.1, -0.05) is 40.5 Å². The molecule has 0 radical (unpaired) electrons. The van der Waals surface area contributed by atoms with Gasteiger partial charge < -0.3 is 14.6 Å². The van der Waals surface area contributed by atoms with Crippen LogP contribution in [0.25, 0.3) is 0 Å². The zero-order valence-corrected chi connectivity index (χ0v) is 17.9. The van der Waals surface area contributed by atoms with E-state index in [4.69, 9.17) is 4.42 Å². The van der Waals surface area contributed by atoms with Gasteiger partial charge in [0.25, 0.3) is 5.91 Å². The van der Waals surface area contributed by atoms with Crippen molar-refractivity contribution in [2.75, 3.05) is 0 Å². The SMILES string of the molecule is CCCC[C@H](CC)C(=O)N(Cc1nc(C(=O)N[C@@H](C)CC)co1)[C@@H](C)CC. The molecule has 6 heteroatoms. The standard InChI is InChI=1S/C21H37N3O3/c1-7-11-12-17(10-4)21(26)24(16(6)9-3)13-19-23-18(14-27-19)20(25)22-15(5)8-2/h14-17H,7-13H2,1-6H3,(H,22,25)/t15-,16-,17-/m0/s1. The summed E-state index contributed by atoms with van der Waals surface area (Å²) >= 11 is 0. The quantitative estimate of drug-likeness (QED) is 0.578. The molecule has 0 aliphatic rings. The van der Waals surface area contributed by atoms with Crippen molar-refractivity contribution >= 4 is 11.8 Å². The summed E-state index contributed by atoms with van der Waals surface area (Å²) in [5, 5.41) is 2.88. The van der Waals surface area contributed by atoms with E-state index in [1.54, 1.807) is 0 Å². The normalized spacial score (nSPS) is 14.4. The van der Waals surface area contributed by atoms with E-state index >= 15 is 0 Å². The number of carbonyl (C=O) groups is 2. The number of rotatable bonds is 12. The average molecular weight is 380 g/mol. The number of nitrogens with one attached hydrogen (secondary N) is 1. The Morgan fingerprint density at radius 1 is 1.15 bits per heavy atom. The van der Waals surface area contributed by atoms with Gasteiger partial charge in [0.05, 0.1) is 6.54 Å². The topological polar surface area (TPSA) is 75.4 Å². The third kappa shape index (κ3) is 7.00. The lowest BCUT2D eigenvalue weighted by Crippen LogP contribution is -2.41. The fourth-order valence-corrected chi connectivity index (χ4v) is 2.89. The Balaban J connectivity index is 2.88. The van der Waals surface area contributed by atoms with Crippen LogP contribution in [0.3, 0.4) is 0 Å². The Bertz CT molecular complexity index is 585. The molecule has 0 saturated heterocycles. The number of hydrogen-bond acceptors (Lipinski definition) is 4. The second-order valence-electron chi connectivity index (χ2n) is 7.38. The molecule has 1 heterocycles. The first-order valence-corrected chi connectivity index (χ1v) is 10.4. The van der Waals surface area contributed by atoms with E-state index in [1.807, 2.05) is 25.7 Å². The Morgan fingerprint density at radius 3 is 2.41 bits per heavy atom. The van der Waals surface area contributed by atoms with Crippen LogP contribution < -0.4 is 5.32 Å². The minimum Gasteiger partial charge on any atom is -0.446 e. The van der Waals surface area contributed by atoms with E-state index in [0.29, 0.717) is 12.4 Å². The van der Waals surface area contributed by atoms with E-state index < -0.39 is 0 Å². The number of hydrogen-bond donors (Lipinski definition) is 1. The lowest BCUT2D eigenvalue weighted by atomic mass is 9.97. The van der Waals surface area contributed by atoms with Crippen molar-refractivity contribution in [3.8, 4) is 0 Å². The van der Waals surface area contributed by atoms with Crippen molar-refractivity contribution in [2.45, 2.75) is 98.7 Å². The third-order valence-corrected chi connectivity index (χ3v) is 5.23. The first-order chi connectivity index (χ1) is 12.9. The molecule has 3 atom stereocenters. The smallest absolute Gasteiger partial charge is 0.273 e. The number of aromatic nitrogens is 1. The molecule has 0 spiro atoms. The minimum absolute atomic E-state index is 0.0297. The van der Waals surface area contributed by atoms with Crippen molar-refractivity contribution in [1.82, 2.24) is 15.2 Å². The highest BCUT2D eigenvalue weighted by Crippen LogP contribution is 2.20. The van der Waals surface area contributed by atoms with E-state index in [9.17, 15) is 9.59 Å². The van der Waals surface area contributed by atoms with E-state index in [-0.39, 0.29) is 35.5 Å². The highest BCUT2D eigenvalue weighted by Gasteiger charge is 2.27. The van der Waals surface area contributed by atoms with Crippen molar-refractivity contribution < 1.29 is 14.0 Å². The number of carbonyl (C=O) groups excluding carboxylic acids is 2. The molecular formula is C21H37N3O3. The van der Waals surface area contributed by atoms with Gasteiger partial charge in [-0.05, 0) is 39.5 Å². The van der Waals surface area contributed by atoms with E-state index in [1.165, 1.54) is 6.26 Å². The van der Waals surface area contributed by atoms with Gasteiger partial charge in [0.1, 0.15) is 6.26 Å². The fraction of sp³-hybridized carbons (Fsp3) is 0.762. The first kappa shape index (κ1) is 23.2. The van der Waals surface area contributed by atoms with Gasteiger partial charge in [-0.2, -0.15) is 0 Å². The molecule has 0 bridgehead atoms. The first-order valence-electron chi connectivity index (χ1n) is 10.4. The summed E-state index contributed by atoms with van der Waals surface area (Å²) in [6.45, 7) is 12.6. The van der Waals surface area contributed by atoms with Gasteiger partial charge in [-0.25, -0.2) is 4.98 Å². The minimum atomic E-state index is -0.241. The Kier molecular flexibility index (Phi) is 10.1. The van der Waals surface area contributed by atoms with Gasteiger partial charge >= 0.3 is 0 Å². The largest absolute Gasteiger partial charge is 0.446 e. The van der Waals surface area contributed by atoms with Crippen LogP contribution in [-0.4, -0.2) is 33.8 Å². The van der Waals surface area contributed by atoms with Crippen LogP contribution >= 0.6 is 0 Å². The summed E-state index contributed by atoms with van der Waals surface area (Å²) < 4.78 is 5.51. The fourth-order valence-electron chi connectivity index (χ4n) is 2.89. The Morgan fingerprint density at radius 2 is 1.85 bits per heavy atom. The molecule has 2 amide bonds. The molecule has 1 aromatic heterocycles. The molecular weight excluding hydrogens is 342 g/mol. The third-order valence-electron chi connectivity index (χ3n) is 5.23. The zero-order valence-electron chi connectivity index (χ0n) is 17.9. The van der Waals surface area contributed by atoms with Crippen LogP contribution in [-0.2, 0) is 11.3 Å². The summed E-state index contributed by atoms with van der Waals surface area (Å²) in [6.07, 6.45) is 6.97. The lowest BCUT2D eigenvalue weighted by Gasteiger charge is -2.31. The molecule has 0 fully saturated rings. The summed E-state index contributed by atoms with van der Waals surface area (Å²) in [5.74, 6) is 0.352. The molecule has 1 rings (SSSR count). The predicted molar refractivity (Wildman–Crippen MR) is 107 cm³/mol. The van der Waals surface area contributed by atoms with Gasteiger partial charge in [0.15, 0.2) is 5.69 Å².